The third-order valence-corrected chi connectivity index (χ3v) is 2.85. The van der Waals surface area contributed by atoms with E-state index in [1.807, 2.05) is 0 Å². The van der Waals surface area contributed by atoms with Crippen molar-refractivity contribution in [2.45, 2.75) is 0 Å². The number of aromatic nitrogens is 1. The molecule has 0 radical (unpaired) electrons. The van der Waals surface area contributed by atoms with Gasteiger partial charge in [-0.15, -0.1) is 0 Å². The molecule has 1 heterocycles. The molecule has 2 aromatic rings. The summed E-state index contributed by atoms with van der Waals surface area (Å²) >= 11 is 6.00. The average Bonchev–Trinajstić information content (AvgIpc) is 2.39. The van der Waals surface area contributed by atoms with Crippen molar-refractivity contribution >= 4 is 29.4 Å². The van der Waals surface area contributed by atoms with Gasteiger partial charge in [0.25, 0.3) is 0 Å². The van der Waals surface area contributed by atoms with Crippen molar-refractivity contribution < 1.29 is 9.18 Å². The number of anilines is 2. The van der Waals surface area contributed by atoms with Gasteiger partial charge in [0.2, 0.25) is 6.41 Å². The van der Waals surface area contributed by atoms with Crippen LogP contribution in [0.1, 0.15) is 0 Å². The first-order valence-electron chi connectivity index (χ1n) is 5.48. The Kier molecular flexibility index (Phi) is 3.97. The van der Waals surface area contributed by atoms with Crippen LogP contribution in [0, 0.1) is 5.82 Å². The molecule has 0 aliphatic heterocycles. The Morgan fingerprint density at radius 2 is 2.16 bits per heavy atom. The predicted molar refractivity (Wildman–Crippen MR) is 73.9 cm³/mol. The molecule has 0 atom stereocenters. The van der Waals surface area contributed by atoms with E-state index in [-0.39, 0.29) is 0 Å². The van der Waals surface area contributed by atoms with Gasteiger partial charge in [0.05, 0.1) is 17.6 Å². The third-order valence-electron chi connectivity index (χ3n) is 2.63. The zero-order valence-electron chi connectivity index (χ0n) is 10.1. The van der Waals surface area contributed by atoms with Gasteiger partial charge in [-0.3, -0.25) is 9.78 Å². The minimum Gasteiger partial charge on any atom is -0.386 e. The Bertz CT molecular complexity index is 619. The zero-order chi connectivity index (χ0) is 13.8. The van der Waals surface area contributed by atoms with Crippen molar-refractivity contribution in [1.82, 2.24) is 4.98 Å². The van der Waals surface area contributed by atoms with Crippen molar-refractivity contribution in [2.75, 3.05) is 17.7 Å². The lowest BCUT2D eigenvalue weighted by Crippen LogP contribution is -2.02. The molecule has 0 aliphatic rings. The van der Waals surface area contributed by atoms with Crippen LogP contribution < -0.4 is 10.6 Å². The van der Waals surface area contributed by atoms with E-state index in [0.29, 0.717) is 33.9 Å². The molecule has 0 fully saturated rings. The van der Waals surface area contributed by atoms with Gasteiger partial charge in [0, 0.05) is 29.4 Å². The molecule has 0 unspecified atom stereocenters. The standard InChI is InChI=1S/C13H11ClFN3O/c1-16-13-10(9-2-3-17-6-11(9)15)4-8(14)5-12(13)18-7-19/h2-7,16H,1H3,(H,18,19). The molecule has 2 rings (SSSR count). The molecule has 0 bridgehead atoms. The molecule has 4 nitrogen and oxygen atoms in total. The summed E-state index contributed by atoms with van der Waals surface area (Å²) in [6, 6.07) is 4.76. The summed E-state index contributed by atoms with van der Waals surface area (Å²) < 4.78 is 13.8. The third kappa shape index (κ3) is 2.66. The summed E-state index contributed by atoms with van der Waals surface area (Å²) in [5.74, 6) is -0.460. The van der Waals surface area contributed by atoms with Crippen molar-refractivity contribution in [3.8, 4) is 11.1 Å². The zero-order valence-corrected chi connectivity index (χ0v) is 10.8. The lowest BCUT2D eigenvalue weighted by molar-refractivity contribution is -0.105. The molecule has 1 aromatic carbocycles. The van der Waals surface area contributed by atoms with Gasteiger partial charge < -0.3 is 10.6 Å². The molecule has 0 saturated carbocycles. The number of halogens is 2. The van der Waals surface area contributed by atoms with Gasteiger partial charge in [0.1, 0.15) is 5.82 Å². The largest absolute Gasteiger partial charge is 0.386 e. The average molecular weight is 280 g/mol. The van der Waals surface area contributed by atoms with Gasteiger partial charge in [-0.25, -0.2) is 4.39 Å². The van der Waals surface area contributed by atoms with Crippen molar-refractivity contribution in [1.29, 1.82) is 0 Å². The smallest absolute Gasteiger partial charge is 0.211 e. The molecular weight excluding hydrogens is 269 g/mol. The fraction of sp³-hybridized carbons (Fsp3) is 0.0769. The molecule has 1 amide bonds. The number of pyridine rings is 1. The maximum absolute atomic E-state index is 13.8. The lowest BCUT2D eigenvalue weighted by atomic mass is 10.0. The highest BCUT2D eigenvalue weighted by Gasteiger charge is 2.14. The van der Waals surface area contributed by atoms with E-state index in [9.17, 15) is 9.18 Å². The van der Waals surface area contributed by atoms with Gasteiger partial charge in [0.15, 0.2) is 0 Å². The fourth-order valence-corrected chi connectivity index (χ4v) is 2.08. The SMILES string of the molecule is CNc1c(NC=O)cc(Cl)cc1-c1ccncc1F. The quantitative estimate of drug-likeness (QED) is 0.846. The second kappa shape index (κ2) is 5.67. The van der Waals surface area contributed by atoms with Crippen LogP contribution in [-0.2, 0) is 4.79 Å². The summed E-state index contributed by atoms with van der Waals surface area (Å²) in [5, 5.41) is 5.86. The first kappa shape index (κ1) is 13.3. The van der Waals surface area contributed by atoms with Gasteiger partial charge in [-0.1, -0.05) is 11.6 Å². The number of hydrogen-bond donors (Lipinski definition) is 2. The monoisotopic (exact) mass is 279 g/mol. The molecule has 6 heteroatoms. The topological polar surface area (TPSA) is 54.0 Å². The van der Waals surface area contributed by atoms with Gasteiger partial charge in [-0.2, -0.15) is 0 Å². The Balaban J connectivity index is 2.68. The van der Waals surface area contributed by atoms with Crippen LogP contribution in [0.3, 0.4) is 0 Å². The number of carbonyl (C=O) groups is 1. The minimum atomic E-state index is -0.460. The second-order valence-electron chi connectivity index (χ2n) is 3.74. The number of benzene rings is 1. The Morgan fingerprint density at radius 1 is 1.37 bits per heavy atom. The molecule has 19 heavy (non-hydrogen) atoms. The van der Waals surface area contributed by atoms with Gasteiger partial charge >= 0.3 is 0 Å². The Hall–Kier alpha value is -2.14. The highest BCUT2D eigenvalue weighted by molar-refractivity contribution is 6.31. The van der Waals surface area contributed by atoms with Crippen LogP contribution >= 0.6 is 11.6 Å². The second-order valence-corrected chi connectivity index (χ2v) is 4.18. The Labute approximate surface area is 114 Å². The first-order chi connectivity index (χ1) is 9.17. The van der Waals surface area contributed by atoms with E-state index < -0.39 is 5.82 Å². The summed E-state index contributed by atoms with van der Waals surface area (Å²) in [4.78, 5) is 14.3. The van der Waals surface area contributed by atoms with Crippen LogP contribution in [0.5, 0.6) is 0 Å². The molecule has 1 aromatic heterocycles. The predicted octanol–water partition coefficient (Wildman–Crippen LogP) is 3.15. The maximum atomic E-state index is 13.8. The molecule has 0 saturated heterocycles. The summed E-state index contributed by atoms with van der Waals surface area (Å²) in [6.45, 7) is 0. The highest BCUT2D eigenvalue weighted by Crippen LogP contribution is 2.37. The molecule has 0 spiro atoms. The summed E-state index contributed by atoms with van der Waals surface area (Å²) in [7, 11) is 1.68. The van der Waals surface area contributed by atoms with E-state index in [1.54, 1.807) is 25.2 Å². The minimum absolute atomic E-state index is 0.357. The van der Waals surface area contributed by atoms with Crippen LogP contribution in [0.2, 0.25) is 5.02 Å². The lowest BCUT2D eigenvalue weighted by Gasteiger charge is -2.15. The number of nitrogens with one attached hydrogen (secondary N) is 2. The highest BCUT2D eigenvalue weighted by atomic mass is 35.5. The number of rotatable bonds is 4. The number of amides is 1. The fourth-order valence-electron chi connectivity index (χ4n) is 1.86. The van der Waals surface area contributed by atoms with Crippen molar-refractivity contribution in [2.24, 2.45) is 0 Å². The van der Waals surface area contributed by atoms with Crippen LogP contribution in [-0.4, -0.2) is 18.4 Å². The van der Waals surface area contributed by atoms with E-state index in [4.69, 9.17) is 11.6 Å². The van der Waals surface area contributed by atoms with Crippen LogP contribution in [0.25, 0.3) is 11.1 Å². The van der Waals surface area contributed by atoms with E-state index >= 15 is 0 Å². The maximum Gasteiger partial charge on any atom is 0.211 e. The van der Waals surface area contributed by atoms with Gasteiger partial charge in [-0.05, 0) is 18.2 Å². The van der Waals surface area contributed by atoms with Crippen molar-refractivity contribution in [3.63, 3.8) is 0 Å². The molecule has 98 valence electrons. The molecular formula is C13H11ClFN3O. The van der Waals surface area contributed by atoms with Crippen LogP contribution in [0.15, 0.2) is 30.6 Å². The van der Waals surface area contributed by atoms with Crippen LogP contribution in [0.4, 0.5) is 15.8 Å². The molecule has 0 aliphatic carbocycles. The van der Waals surface area contributed by atoms with Crippen molar-refractivity contribution in [3.05, 3.63) is 41.4 Å². The van der Waals surface area contributed by atoms with E-state index in [0.717, 1.165) is 6.20 Å². The summed E-state index contributed by atoms with van der Waals surface area (Å²) in [5.41, 5.74) is 1.98. The Morgan fingerprint density at radius 3 is 2.79 bits per heavy atom. The number of carbonyl (C=O) groups excluding carboxylic acids is 1. The summed E-state index contributed by atoms with van der Waals surface area (Å²) in [6.07, 6.45) is 3.16. The van der Waals surface area contributed by atoms with E-state index in [2.05, 4.69) is 15.6 Å². The number of nitrogens with zero attached hydrogens (tertiary/aromatic N) is 1. The first-order valence-corrected chi connectivity index (χ1v) is 5.86. The normalized spacial score (nSPS) is 10.1. The van der Waals surface area contributed by atoms with E-state index in [1.165, 1.54) is 6.20 Å². The number of hydrogen-bond acceptors (Lipinski definition) is 3. The molecule has 2 N–H and O–H groups in total.